The molecular formula is C15H22N6O2. The summed E-state index contributed by atoms with van der Waals surface area (Å²) in [5.74, 6) is 1.36. The van der Waals surface area contributed by atoms with Crippen LogP contribution in [0.1, 0.15) is 66.5 Å². The molecule has 8 heteroatoms. The number of nitrogens with zero attached hydrogens (tertiary/aromatic N) is 4. The number of primary amides is 1. The number of carbonyl (C=O) groups is 1. The van der Waals surface area contributed by atoms with Gasteiger partial charge in [0, 0.05) is 24.1 Å². The first kappa shape index (κ1) is 15.7. The highest BCUT2D eigenvalue weighted by Gasteiger charge is 2.25. The van der Waals surface area contributed by atoms with E-state index in [0.29, 0.717) is 24.2 Å². The number of aromatic nitrogens is 4. The molecule has 0 saturated carbocycles. The first-order valence-electron chi connectivity index (χ1n) is 7.92. The third-order valence-corrected chi connectivity index (χ3v) is 4.13. The molecule has 0 radical (unpaired) electrons. The van der Waals surface area contributed by atoms with Gasteiger partial charge in [-0.2, -0.15) is 5.10 Å². The SMILES string of the molecule is CC(C)c1nnc(CN2CCC[C@@H](c3cc(C(N)=O)n[nH]3)C2)o1. The average molecular weight is 318 g/mol. The van der Waals surface area contributed by atoms with E-state index in [1.807, 2.05) is 13.8 Å². The van der Waals surface area contributed by atoms with Gasteiger partial charge < -0.3 is 10.2 Å². The molecule has 0 unspecified atom stereocenters. The first-order chi connectivity index (χ1) is 11.0. The first-order valence-corrected chi connectivity index (χ1v) is 7.92. The second kappa shape index (κ2) is 6.49. The van der Waals surface area contributed by atoms with Gasteiger partial charge in [0.15, 0.2) is 0 Å². The van der Waals surface area contributed by atoms with Crippen molar-refractivity contribution >= 4 is 5.91 Å². The van der Waals surface area contributed by atoms with Crippen molar-refractivity contribution in [3.63, 3.8) is 0 Å². The van der Waals surface area contributed by atoms with E-state index in [4.69, 9.17) is 10.2 Å². The largest absolute Gasteiger partial charge is 0.424 e. The molecule has 3 rings (SSSR count). The highest BCUT2D eigenvalue weighted by molar-refractivity contribution is 5.90. The Labute approximate surface area is 134 Å². The van der Waals surface area contributed by atoms with Crippen molar-refractivity contribution in [2.24, 2.45) is 5.73 Å². The highest BCUT2D eigenvalue weighted by Crippen LogP contribution is 2.27. The van der Waals surface area contributed by atoms with Crippen molar-refractivity contribution in [3.8, 4) is 0 Å². The lowest BCUT2D eigenvalue weighted by Gasteiger charge is -2.31. The van der Waals surface area contributed by atoms with Gasteiger partial charge in [-0.1, -0.05) is 13.8 Å². The van der Waals surface area contributed by atoms with Crippen LogP contribution in [0.25, 0.3) is 0 Å². The van der Waals surface area contributed by atoms with Gasteiger partial charge in [0.25, 0.3) is 5.91 Å². The molecule has 1 aliphatic heterocycles. The van der Waals surface area contributed by atoms with Gasteiger partial charge in [-0.05, 0) is 25.5 Å². The molecule has 2 aromatic rings. The molecule has 0 aromatic carbocycles. The number of hydrogen-bond donors (Lipinski definition) is 2. The van der Waals surface area contributed by atoms with Crippen molar-refractivity contribution in [2.75, 3.05) is 13.1 Å². The summed E-state index contributed by atoms with van der Waals surface area (Å²) in [6.45, 7) is 6.56. The van der Waals surface area contributed by atoms with Crippen LogP contribution in [0.5, 0.6) is 0 Å². The van der Waals surface area contributed by atoms with Gasteiger partial charge in [-0.25, -0.2) is 0 Å². The summed E-state index contributed by atoms with van der Waals surface area (Å²) in [5.41, 5.74) is 6.50. The summed E-state index contributed by atoms with van der Waals surface area (Å²) in [7, 11) is 0. The molecule has 124 valence electrons. The summed E-state index contributed by atoms with van der Waals surface area (Å²) in [6.07, 6.45) is 2.12. The number of likely N-dealkylation sites (tertiary alicyclic amines) is 1. The van der Waals surface area contributed by atoms with E-state index < -0.39 is 5.91 Å². The topological polar surface area (TPSA) is 114 Å². The van der Waals surface area contributed by atoms with Crippen molar-refractivity contribution < 1.29 is 9.21 Å². The minimum absolute atomic E-state index is 0.238. The average Bonchev–Trinajstić information content (AvgIpc) is 3.16. The van der Waals surface area contributed by atoms with E-state index in [9.17, 15) is 4.79 Å². The standard InChI is InChI=1S/C15H22N6O2/c1-9(2)15-20-19-13(23-15)8-21-5-3-4-10(7-21)11-6-12(14(16)22)18-17-11/h6,9-10H,3-5,7-8H2,1-2H3,(H2,16,22)(H,17,18)/t10-/m1/s1. The van der Waals surface area contributed by atoms with E-state index >= 15 is 0 Å². The lowest BCUT2D eigenvalue weighted by molar-refractivity contribution is 0.0995. The molecule has 3 heterocycles. The monoisotopic (exact) mass is 318 g/mol. The Kier molecular flexibility index (Phi) is 4.42. The molecule has 0 aliphatic carbocycles. The summed E-state index contributed by atoms with van der Waals surface area (Å²) in [6, 6.07) is 1.75. The van der Waals surface area contributed by atoms with Gasteiger partial charge in [-0.3, -0.25) is 14.8 Å². The summed E-state index contributed by atoms with van der Waals surface area (Å²) < 4.78 is 5.68. The van der Waals surface area contributed by atoms with Crippen LogP contribution in [0, 0.1) is 0 Å². The van der Waals surface area contributed by atoms with Crippen molar-refractivity contribution in [2.45, 2.75) is 45.1 Å². The fraction of sp³-hybridized carbons (Fsp3) is 0.600. The van der Waals surface area contributed by atoms with Crippen LogP contribution < -0.4 is 5.73 Å². The van der Waals surface area contributed by atoms with Crippen molar-refractivity contribution in [1.82, 2.24) is 25.3 Å². The molecule has 1 amide bonds. The fourth-order valence-electron chi connectivity index (χ4n) is 2.88. The summed E-state index contributed by atoms with van der Waals surface area (Å²) in [5, 5.41) is 15.1. The third kappa shape index (κ3) is 3.58. The van der Waals surface area contributed by atoms with Crippen LogP contribution in [0.15, 0.2) is 10.5 Å². The van der Waals surface area contributed by atoms with Crippen LogP contribution in [-0.4, -0.2) is 44.3 Å². The summed E-state index contributed by atoms with van der Waals surface area (Å²) in [4.78, 5) is 13.4. The number of piperidine rings is 1. The number of hydrogen-bond acceptors (Lipinski definition) is 6. The minimum atomic E-state index is -0.507. The van der Waals surface area contributed by atoms with E-state index in [2.05, 4.69) is 25.3 Å². The zero-order valence-electron chi connectivity index (χ0n) is 13.5. The quantitative estimate of drug-likeness (QED) is 0.861. The molecule has 2 aromatic heterocycles. The highest BCUT2D eigenvalue weighted by atomic mass is 16.4. The molecule has 0 bridgehead atoms. The van der Waals surface area contributed by atoms with Crippen LogP contribution in [-0.2, 0) is 6.54 Å². The zero-order valence-corrected chi connectivity index (χ0v) is 13.5. The van der Waals surface area contributed by atoms with E-state index in [1.54, 1.807) is 6.07 Å². The Hall–Kier alpha value is -2.22. The maximum absolute atomic E-state index is 11.2. The Bertz CT molecular complexity index is 677. The second-order valence-corrected chi connectivity index (χ2v) is 6.34. The van der Waals surface area contributed by atoms with Crippen LogP contribution in [0.3, 0.4) is 0 Å². The number of H-pyrrole nitrogens is 1. The molecule has 1 fully saturated rings. The van der Waals surface area contributed by atoms with Crippen molar-refractivity contribution in [3.05, 3.63) is 29.2 Å². The number of rotatable bonds is 5. The van der Waals surface area contributed by atoms with Gasteiger partial charge in [-0.15, -0.1) is 10.2 Å². The van der Waals surface area contributed by atoms with Crippen LogP contribution in [0.2, 0.25) is 0 Å². The Balaban J connectivity index is 1.64. The fourth-order valence-corrected chi connectivity index (χ4v) is 2.88. The molecule has 23 heavy (non-hydrogen) atoms. The van der Waals surface area contributed by atoms with Crippen molar-refractivity contribution in [1.29, 1.82) is 0 Å². The number of nitrogens with two attached hydrogens (primary N) is 1. The maximum atomic E-state index is 11.2. The Morgan fingerprint density at radius 2 is 2.35 bits per heavy atom. The van der Waals surface area contributed by atoms with Gasteiger partial charge in [0.05, 0.1) is 6.54 Å². The van der Waals surface area contributed by atoms with Gasteiger partial charge in [0.1, 0.15) is 5.69 Å². The van der Waals surface area contributed by atoms with E-state index in [-0.39, 0.29) is 11.6 Å². The number of amides is 1. The number of aromatic amines is 1. The number of carbonyl (C=O) groups excluding carboxylic acids is 1. The van der Waals surface area contributed by atoms with E-state index in [0.717, 1.165) is 31.6 Å². The smallest absolute Gasteiger partial charge is 0.269 e. The second-order valence-electron chi connectivity index (χ2n) is 6.34. The minimum Gasteiger partial charge on any atom is -0.424 e. The zero-order chi connectivity index (χ0) is 16.4. The Morgan fingerprint density at radius 3 is 3.00 bits per heavy atom. The molecule has 8 nitrogen and oxygen atoms in total. The lowest BCUT2D eigenvalue weighted by Crippen LogP contribution is -2.34. The predicted molar refractivity (Wildman–Crippen MR) is 82.7 cm³/mol. The van der Waals surface area contributed by atoms with Crippen LogP contribution in [0.4, 0.5) is 0 Å². The molecule has 3 N–H and O–H groups in total. The molecule has 1 saturated heterocycles. The summed E-state index contributed by atoms with van der Waals surface area (Å²) >= 11 is 0. The normalized spacial score (nSPS) is 19.3. The number of nitrogens with one attached hydrogen (secondary N) is 1. The Morgan fingerprint density at radius 1 is 1.52 bits per heavy atom. The van der Waals surface area contributed by atoms with Crippen LogP contribution >= 0.6 is 0 Å². The van der Waals surface area contributed by atoms with Gasteiger partial charge >= 0.3 is 0 Å². The van der Waals surface area contributed by atoms with E-state index in [1.165, 1.54) is 0 Å². The van der Waals surface area contributed by atoms with Gasteiger partial charge in [0.2, 0.25) is 11.8 Å². The molecule has 1 aliphatic rings. The molecular weight excluding hydrogens is 296 g/mol. The molecule has 1 atom stereocenters. The third-order valence-electron chi connectivity index (χ3n) is 4.13. The molecule has 0 spiro atoms. The maximum Gasteiger partial charge on any atom is 0.269 e. The predicted octanol–water partition coefficient (Wildman–Crippen LogP) is 1.39. The lowest BCUT2D eigenvalue weighted by atomic mass is 9.94.